The van der Waals surface area contributed by atoms with Crippen molar-refractivity contribution in [1.29, 1.82) is 0 Å². The molecule has 0 spiro atoms. The predicted molar refractivity (Wildman–Crippen MR) is 68.4 cm³/mol. The number of hydrogen-bond acceptors (Lipinski definition) is 3. The highest BCUT2D eigenvalue weighted by Crippen LogP contribution is 2.27. The van der Waals surface area contributed by atoms with Crippen LogP contribution in [0.3, 0.4) is 0 Å². The number of carbonyl (C=O) groups is 1. The maximum Gasteiger partial charge on any atom is 0.253 e. The second-order valence-corrected chi connectivity index (χ2v) is 4.47. The van der Waals surface area contributed by atoms with Crippen LogP contribution in [0, 0.1) is 6.92 Å². The number of carbonyl (C=O) groups excluding carboxylic acids is 1. The average molecular weight is 287 g/mol. The first-order chi connectivity index (χ1) is 7.45. The zero-order chi connectivity index (χ0) is 12.3. The molecular weight excluding hydrogens is 272 g/mol. The van der Waals surface area contributed by atoms with Crippen LogP contribution >= 0.6 is 15.9 Å². The number of hydrogen-bond donors (Lipinski definition) is 2. The first-order valence-electron chi connectivity index (χ1n) is 4.85. The van der Waals surface area contributed by atoms with E-state index in [0.29, 0.717) is 11.4 Å². The highest BCUT2D eigenvalue weighted by atomic mass is 79.9. The van der Waals surface area contributed by atoms with Crippen LogP contribution < -0.4 is 11.1 Å². The molecule has 0 aliphatic carbocycles. The van der Waals surface area contributed by atoms with Gasteiger partial charge in [-0.05, 0) is 31.5 Å². The van der Waals surface area contributed by atoms with Crippen molar-refractivity contribution in [2.24, 2.45) is 0 Å². The third-order valence-corrected chi connectivity index (χ3v) is 2.76. The molecule has 1 aromatic rings. The van der Waals surface area contributed by atoms with Gasteiger partial charge in [0.1, 0.15) is 6.10 Å². The molecule has 1 unspecified atom stereocenters. The van der Waals surface area contributed by atoms with Crippen LogP contribution in [0.4, 0.5) is 11.4 Å². The van der Waals surface area contributed by atoms with Gasteiger partial charge in [-0.2, -0.15) is 0 Å². The highest BCUT2D eigenvalue weighted by molar-refractivity contribution is 9.10. The molecule has 0 radical (unpaired) electrons. The molecule has 3 N–H and O–H groups in total. The fourth-order valence-electron chi connectivity index (χ4n) is 1.27. The number of halogens is 1. The molecule has 0 heterocycles. The van der Waals surface area contributed by atoms with E-state index >= 15 is 0 Å². The lowest BCUT2D eigenvalue weighted by molar-refractivity contribution is -0.124. The largest absolute Gasteiger partial charge is 0.397 e. The molecule has 0 bridgehead atoms. The Kier molecular flexibility index (Phi) is 4.32. The molecule has 0 aliphatic rings. The summed E-state index contributed by atoms with van der Waals surface area (Å²) in [4.78, 5) is 11.6. The molecule has 1 aromatic carbocycles. The summed E-state index contributed by atoms with van der Waals surface area (Å²) in [6.45, 7) is 3.56. The van der Waals surface area contributed by atoms with Gasteiger partial charge in [-0.1, -0.05) is 15.9 Å². The zero-order valence-corrected chi connectivity index (χ0v) is 11.1. The Bertz CT molecular complexity index is 384. The molecule has 0 fully saturated rings. The fourth-order valence-corrected chi connectivity index (χ4v) is 1.86. The number of nitrogens with one attached hydrogen (secondary N) is 1. The number of amides is 1. The Morgan fingerprint density at radius 3 is 2.69 bits per heavy atom. The fraction of sp³-hybridized carbons (Fsp3) is 0.364. The molecule has 4 nitrogen and oxygen atoms in total. The lowest BCUT2D eigenvalue weighted by atomic mass is 10.1. The Hall–Kier alpha value is -1.07. The van der Waals surface area contributed by atoms with E-state index in [0.717, 1.165) is 10.0 Å². The number of methoxy groups -OCH3 is 1. The number of benzene rings is 1. The average Bonchev–Trinajstić information content (AvgIpc) is 2.21. The van der Waals surface area contributed by atoms with Gasteiger partial charge < -0.3 is 15.8 Å². The molecule has 0 aliphatic heterocycles. The maximum atomic E-state index is 11.6. The van der Waals surface area contributed by atoms with E-state index in [1.54, 1.807) is 13.0 Å². The van der Waals surface area contributed by atoms with E-state index in [9.17, 15) is 4.79 Å². The third-order valence-electron chi connectivity index (χ3n) is 2.30. The van der Waals surface area contributed by atoms with Crippen molar-refractivity contribution < 1.29 is 9.53 Å². The molecule has 0 aromatic heterocycles. The van der Waals surface area contributed by atoms with Gasteiger partial charge in [-0.25, -0.2) is 0 Å². The minimum atomic E-state index is -0.498. The normalized spacial score (nSPS) is 12.2. The molecule has 1 amide bonds. The Morgan fingerprint density at radius 2 is 2.19 bits per heavy atom. The number of nitrogens with two attached hydrogens (primary N) is 1. The van der Waals surface area contributed by atoms with E-state index in [1.807, 2.05) is 13.0 Å². The van der Waals surface area contributed by atoms with Gasteiger partial charge in [0.25, 0.3) is 5.91 Å². The number of nitrogen functional groups attached to an aromatic ring is 1. The Labute approximate surface area is 103 Å². The van der Waals surface area contributed by atoms with Crippen molar-refractivity contribution in [3.05, 3.63) is 22.2 Å². The number of anilines is 2. The topological polar surface area (TPSA) is 64.3 Å². The summed E-state index contributed by atoms with van der Waals surface area (Å²) < 4.78 is 5.81. The summed E-state index contributed by atoms with van der Waals surface area (Å²) in [6.07, 6.45) is -0.498. The van der Waals surface area contributed by atoms with Crippen LogP contribution in [0.2, 0.25) is 0 Å². The Balaban J connectivity index is 2.93. The monoisotopic (exact) mass is 286 g/mol. The maximum absolute atomic E-state index is 11.6. The summed E-state index contributed by atoms with van der Waals surface area (Å²) >= 11 is 3.34. The standard InChI is InChI=1S/C11H15BrN2O2/c1-6-4-8(12)5-9(13)10(6)14-11(15)7(2)16-3/h4-5,7H,13H2,1-3H3,(H,14,15). The molecule has 0 saturated carbocycles. The molecule has 5 heteroatoms. The van der Waals surface area contributed by atoms with Crippen molar-refractivity contribution in [3.63, 3.8) is 0 Å². The van der Waals surface area contributed by atoms with Crippen molar-refractivity contribution in [2.75, 3.05) is 18.2 Å². The van der Waals surface area contributed by atoms with Gasteiger partial charge in [0.15, 0.2) is 0 Å². The predicted octanol–water partition coefficient (Wildman–Crippen LogP) is 2.31. The summed E-state index contributed by atoms with van der Waals surface area (Å²) in [5.41, 5.74) is 7.90. The highest BCUT2D eigenvalue weighted by Gasteiger charge is 2.14. The molecule has 16 heavy (non-hydrogen) atoms. The lowest BCUT2D eigenvalue weighted by Gasteiger charge is -2.14. The van der Waals surface area contributed by atoms with Crippen molar-refractivity contribution in [2.45, 2.75) is 20.0 Å². The number of aryl methyl sites for hydroxylation is 1. The smallest absolute Gasteiger partial charge is 0.253 e. The summed E-state index contributed by atoms with van der Waals surface area (Å²) in [6, 6.07) is 3.64. The van der Waals surface area contributed by atoms with Gasteiger partial charge in [-0.3, -0.25) is 4.79 Å². The first-order valence-corrected chi connectivity index (χ1v) is 5.64. The summed E-state index contributed by atoms with van der Waals surface area (Å²) in [5, 5.41) is 2.75. The van der Waals surface area contributed by atoms with E-state index in [4.69, 9.17) is 10.5 Å². The lowest BCUT2D eigenvalue weighted by Crippen LogP contribution is -2.27. The van der Waals surface area contributed by atoms with Crippen LogP contribution in [0.5, 0.6) is 0 Å². The van der Waals surface area contributed by atoms with Crippen LogP contribution in [0.25, 0.3) is 0 Å². The quantitative estimate of drug-likeness (QED) is 0.838. The number of ether oxygens (including phenoxy) is 1. The zero-order valence-electron chi connectivity index (χ0n) is 9.50. The molecule has 1 atom stereocenters. The second-order valence-electron chi connectivity index (χ2n) is 3.55. The van der Waals surface area contributed by atoms with Crippen LogP contribution in [0.15, 0.2) is 16.6 Å². The minimum Gasteiger partial charge on any atom is -0.397 e. The molecular formula is C11H15BrN2O2. The van der Waals surface area contributed by atoms with Crippen LogP contribution in [0.1, 0.15) is 12.5 Å². The first kappa shape index (κ1) is 13.0. The van der Waals surface area contributed by atoms with Crippen molar-refractivity contribution in [1.82, 2.24) is 0 Å². The SMILES string of the molecule is COC(C)C(=O)Nc1c(C)cc(Br)cc1N. The van der Waals surface area contributed by atoms with Gasteiger partial charge in [-0.15, -0.1) is 0 Å². The van der Waals surface area contributed by atoms with E-state index in [1.165, 1.54) is 7.11 Å². The van der Waals surface area contributed by atoms with E-state index in [2.05, 4.69) is 21.2 Å². The summed E-state index contributed by atoms with van der Waals surface area (Å²) in [5.74, 6) is -0.209. The van der Waals surface area contributed by atoms with Gasteiger partial charge in [0.05, 0.1) is 11.4 Å². The summed E-state index contributed by atoms with van der Waals surface area (Å²) in [7, 11) is 1.49. The third kappa shape index (κ3) is 2.96. The molecule has 0 saturated heterocycles. The van der Waals surface area contributed by atoms with Gasteiger partial charge >= 0.3 is 0 Å². The Morgan fingerprint density at radius 1 is 1.56 bits per heavy atom. The van der Waals surface area contributed by atoms with E-state index < -0.39 is 6.10 Å². The van der Waals surface area contributed by atoms with Crippen LogP contribution in [-0.4, -0.2) is 19.1 Å². The number of rotatable bonds is 3. The minimum absolute atomic E-state index is 0.209. The van der Waals surface area contributed by atoms with Crippen molar-refractivity contribution in [3.8, 4) is 0 Å². The van der Waals surface area contributed by atoms with Gasteiger partial charge in [0, 0.05) is 11.6 Å². The van der Waals surface area contributed by atoms with E-state index in [-0.39, 0.29) is 5.91 Å². The molecule has 1 rings (SSSR count). The van der Waals surface area contributed by atoms with Crippen molar-refractivity contribution >= 4 is 33.2 Å². The molecule has 88 valence electrons. The van der Waals surface area contributed by atoms with Crippen LogP contribution in [-0.2, 0) is 9.53 Å². The second kappa shape index (κ2) is 5.32. The van der Waals surface area contributed by atoms with Gasteiger partial charge in [0.2, 0.25) is 0 Å².